The van der Waals surface area contributed by atoms with Gasteiger partial charge in [-0.05, 0) is 79.0 Å². The lowest BCUT2D eigenvalue weighted by Gasteiger charge is -2.20. The van der Waals surface area contributed by atoms with E-state index in [-0.39, 0.29) is 0 Å². The van der Waals surface area contributed by atoms with Crippen LogP contribution in [0.1, 0.15) is 0 Å². The Bertz CT molecular complexity index is 3880. The number of benzene rings is 11. The molecule has 0 saturated heterocycles. The van der Waals surface area contributed by atoms with Crippen molar-refractivity contribution in [2.45, 2.75) is 0 Å². The van der Waals surface area contributed by atoms with Gasteiger partial charge in [-0.25, -0.2) is 15.0 Å². The van der Waals surface area contributed by atoms with Gasteiger partial charge in [-0.3, -0.25) is 0 Å². The van der Waals surface area contributed by atoms with E-state index in [4.69, 9.17) is 15.0 Å². The molecule has 0 unspecified atom stereocenters. The van der Waals surface area contributed by atoms with Gasteiger partial charge in [0.05, 0.1) is 16.7 Å². The van der Waals surface area contributed by atoms with Crippen molar-refractivity contribution >= 4 is 75.7 Å². The zero-order chi connectivity index (χ0) is 41.4. The molecule has 4 heteroatoms. The Kier molecular flexibility index (Phi) is 7.87. The van der Waals surface area contributed by atoms with Gasteiger partial charge in [0, 0.05) is 43.8 Å². The molecular formula is C59H36N4. The van der Waals surface area contributed by atoms with Gasteiger partial charge < -0.3 is 4.57 Å². The normalized spacial score (nSPS) is 11.8. The Balaban J connectivity index is 1.15. The average Bonchev–Trinajstić information content (AvgIpc) is 3.67. The molecule has 63 heavy (non-hydrogen) atoms. The van der Waals surface area contributed by atoms with Crippen LogP contribution in [0.3, 0.4) is 0 Å². The van der Waals surface area contributed by atoms with E-state index in [1.807, 2.05) is 0 Å². The van der Waals surface area contributed by atoms with Crippen LogP contribution in [0, 0.1) is 0 Å². The molecule has 2 aromatic heterocycles. The fourth-order valence-corrected chi connectivity index (χ4v) is 9.73. The second-order valence-corrected chi connectivity index (χ2v) is 16.4. The number of nitrogens with zero attached hydrogens (tertiary/aromatic N) is 4. The molecular weight excluding hydrogens is 765 g/mol. The van der Waals surface area contributed by atoms with Gasteiger partial charge in [0.1, 0.15) is 0 Å². The van der Waals surface area contributed by atoms with E-state index in [2.05, 4.69) is 223 Å². The predicted octanol–water partition coefficient (Wildman–Crippen LogP) is 15.4. The molecule has 0 aliphatic heterocycles. The van der Waals surface area contributed by atoms with Crippen molar-refractivity contribution in [1.29, 1.82) is 0 Å². The van der Waals surface area contributed by atoms with Crippen LogP contribution >= 0.6 is 0 Å². The van der Waals surface area contributed by atoms with E-state index in [0.717, 1.165) is 60.6 Å². The van der Waals surface area contributed by atoms with Crippen LogP contribution in [-0.4, -0.2) is 19.5 Å². The number of hydrogen-bond donors (Lipinski definition) is 0. The van der Waals surface area contributed by atoms with Gasteiger partial charge in [-0.2, -0.15) is 0 Å². The highest BCUT2D eigenvalue weighted by atomic mass is 15.0. The summed E-state index contributed by atoms with van der Waals surface area (Å²) in [6.07, 6.45) is 0. The van der Waals surface area contributed by atoms with Crippen molar-refractivity contribution in [1.82, 2.24) is 19.5 Å². The summed E-state index contributed by atoms with van der Waals surface area (Å²) < 4.78 is 2.53. The third kappa shape index (κ3) is 5.73. The van der Waals surface area contributed by atoms with E-state index in [1.165, 1.54) is 48.6 Å². The summed E-state index contributed by atoms with van der Waals surface area (Å²) in [5.74, 6) is 1.88. The third-order valence-electron chi connectivity index (χ3n) is 12.7. The second-order valence-electron chi connectivity index (χ2n) is 16.4. The molecule has 0 aliphatic rings. The molecule has 13 rings (SSSR count). The largest absolute Gasteiger partial charge is 0.307 e. The van der Waals surface area contributed by atoms with Crippen LogP contribution in [0.2, 0.25) is 0 Å². The molecule has 0 radical (unpaired) electrons. The Hall–Kier alpha value is -8.47. The SMILES string of the molecule is c1ccc(-c2cc(-c3nc(-c4ccc5ccccc5c4)nc(-c4ccc5ccccc5c4)n3)c3ccccc3c2-n2c3cc4ccccc4cc3c3ccc4ccccc4c32)cc1. The van der Waals surface area contributed by atoms with Crippen molar-refractivity contribution in [2.24, 2.45) is 0 Å². The molecule has 11 aromatic carbocycles. The van der Waals surface area contributed by atoms with Crippen molar-refractivity contribution in [3.8, 4) is 51.0 Å². The first-order valence-corrected chi connectivity index (χ1v) is 21.4. The Labute approximate surface area is 363 Å². The Morgan fingerprint density at radius 3 is 1.41 bits per heavy atom. The quantitative estimate of drug-likeness (QED) is 0.174. The highest BCUT2D eigenvalue weighted by Crippen LogP contribution is 2.45. The van der Waals surface area contributed by atoms with Gasteiger partial charge >= 0.3 is 0 Å². The van der Waals surface area contributed by atoms with Crippen LogP contribution in [-0.2, 0) is 0 Å². The summed E-state index contributed by atoms with van der Waals surface area (Å²) in [5.41, 5.74) is 8.47. The summed E-state index contributed by atoms with van der Waals surface area (Å²) in [6, 6.07) is 78.4. The van der Waals surface area contributed by atoms with Gasteiger partial charge in [0.2, 0.25) is 0 Å². The average molecular weight is 801 g/mol. The summed E-state index contributed by atoms with van der Waals surface area (Å²) in [7, 11) is 0. The number of aromatic nitrogens is 4. The van der Waals surface area contributed by atoms with E-state index < -0.39 is 0 Å². The maximum atomic E-state index is 5.39. The van der Waals surface area contributed by atoms with Crippen molar-refractivity contribution in [2.75, 3.05) is 0 Å². The molecule has 13 aromatic rings. The molecule has 292 valence electrons. The van der Waals surface area contributed by atoms with Gasteiger partial charge in [0.25, 0.3) is 0 Å². The van der Waals surface area contributed by atoms with Crippen LogP contribution in [0.5, 0.6) is 0 Å². The van der Waals surface area contributed by atoms with Crippen LogP contribution < -0.4 is 0 Å². The molecule has 2 heterocycles. The van der Waals surface area contributed by atoms with Crippen molar-refractivity contribution in [3.05, 3.63) is 218 Å². The standard InChI is InChI=1S/C59H36N4/c1-2-16-39(17-3-1)51-36-53(59-61-57(45-28-26-37-14-4-6-19-41(37)32-45)60-58(62-59)46-29-27-38-15-5-7-20-42(38)33-46)48-24-12-13-25-49(48)56(51)63-54-35-44-22-9-8-21-43(44)34-52(54)50-31-30-40-18-10-11-23-47(40)55(50)63/h1-36H. The first-order valence-electron chi connectivity index (χ1n) is 21.4. The van der Waals surface area contributed by atoms with E-state index in [1.54, 1.807) is 0 Å². The summed E-state index contributed by atoms with van der Waals surface area (Å²) in [5, 5.41) is 14.1. The van der Waals surface area contributed by atoms with E-state index in [9.17, 15) is 0 Å². The molecule has 0 atom stereocenters. The zero-order valence-electron chi connectivity index (χ0n) is 34.1. The lowest BCUT2D eigenvalue weighted by molar-refractivity contribution is 1.08. The Morgan fingerprint density at radius 2 is 0.762 bits per heavy atom. The summed E-state index contributed by atoms with van der Waals surface area (Å²) >= 11 is 0. The van der Waals surface area contributed by atoms with Gasteiger partial charge in [0.15, 0.2) is 17.5 Å². The number of fused-ring (bicyclic) bond motifs is 9. The predicted molar refractivity (Wildman–Crippen MR) is 263 cm³/mol. The molecule has 4 nitrogen and oxygen atoms in total. The monoisotopic (exact) mass is 800 g/mol. The van der Waals surface area contributed by atoms with Gasteiger partial charge in [-0.15, -0.1) is 0 Å². The summed E-state index contributed by atoms with van der Waals surface area (Å²) in [4.78, 5) is 16.0. The van der Waals surface area contributed by atoms with Crippen LogP contribution in [0.4, 0.5) is 0 Å². The molecule has 0 amide bonds. The fourth-order valence-electron chi connectivity index (χ4n) is 9.73. The van der Waals surface area contributed by atoms with E-state index in [0.29, 0.717) is 17.5 Å². The molecule has 0 bridgehead atoms. The molecule has 0 saturated carbocycles. The number of hydrogen-bond acceptors (Lipinski definition) is 3. The van der Waals surface area contributed by atoms with Crippen LogP contribution in [0.25, 0.3) is 127 Å². The number of rotatable bonds is 5. The highest BCUT2D eigenvalue weighted by Gasteiger charge is 2.24. The summed E-state index contributed by atoms with van der Waals surface area (Å²) in [6.45, 7) is 0. The van der Waals surface area contributed by atoms with E-state index >= 15 is 0 Å². The first kappa shape index (κ1) is 35.3. The minimum atomic E-state index is 0.620. The first-order chi connectivity index (χ1) is 31.2. The minimum absolute atomic E-state index is 0.620. The molecule has 0 spiro atoms. The smallest absolute Gasteiger partial charge is 0.164 e. The van der Waals surface area contributed by atoms with Crippen molar-refractivity contribution < 1.29 is 0 Å². The molecule has 0 fully saturated rings. The van der Waals surface area contributed by atoms with Crippen molar-refractivity contribution in [3.63, 3.8) is 0 Å². The Morgan fingerprint density at radius 1 is 0.270 bits per heavy atom. The maximum Gasteiger partial charge on any atom is 0.164 e. The molecule has 0 aliphatic carbocycles. The maximum absolute atomic E-state index is 5.39. The zero-order valence-corrected chi connectivity index (χ0v) is 34.1. The highest BCUT2D eigenvalue weighted by molar-refractivity contribution is 6.22. The lowest BCUT2D eigenvalue weighted by atomic mass is 9.93. The lowest BCUT2D eigenvalue weighted by Crippen LogP contribution is -2.04. The third-order valence-corrected chi connectivity index (χ3v) is 12.7. The topological polar surface area (TPSA) is 43.6 Å². The van der Waals surface area contributed by atoms with Gasteiger partial charge in [-0.1, -0.05) is 188 Å². The molecule has 0 N–H and O–H groups in total. The van der Waals surface area contributed by atoms with Crippen LogP contribution in [0.15, 0.2) is 218 Å². The minimum Gasteiger partial charge on any atom is -0.307 e. The second kappa shape index (κ2) is 14.1. The fraction of sp³-hybridized carbons (Fsp3) is 0.